The van der Waals surface area contributed by atoms with Crippen molar-refractivity contribution in [3.05, 3.63) is 18.0 Å². The van der Waals surface area contributed by atoms with Gasteiger partial charge in [-0.05, 0) is 12.0 Å². The molecule has 3 N–H and O–H groups in total. The Labute approximate surface area is 89.6 Å². The predicted molar refractivity (Wildman–Crippen MR) is 57.9 cm³/mol. The zero-order valence-corrected chi connectivity index (χ0v) is 9.40. The SMILES string of the molecule is CC(C)C(NCc1ccnn1C)C(N)=O. The molecule has 1 amide bonds. The van der Waals surface area contributed by atoms with Crippen molar-refractivity contribution >= 4 is 5.91 Å². The summed E-state index contributed by atoms with van der Waals surface area (Å²) in [6, 6.07) is 1.62. The zero-order valence-electron chi connectivity index (χ0n) is 9.40. The van der Waals surface area contributed by atoms with Gasteiger partial charge in [0.2, 0.25) is 5.91 Å². The third-order valence-corrected chi connectivity index (χ3v) is 2.40. The molecule has 0 saturated heterocycles. The lowest BCUT2D eigenvalue weighted by Crippen LogP contribution is -2.44. The van der Waals surface area contributed by atoms with E-state index in [0.29, 0.717) is 6.54 Å². The monoisotopic (exact) mass is 210 g/mol. The molecule has 1 unspecified atom stereocenters. The quantitative estimate of drug-likeness (QED) is 0.719. The molecule has 1 aromatic heterocycles. The lowest BCUT2D eigenvalue weighted by molar-refractivity contribution is -0.121. The number of rotatable bonds is 5. The Bertz CT molecular complexity index is 332. The fourth-order valence-electron chi connectivity index (χ4n) is 1.45. The summed E-state index contributed by atoms with van der Waals surface area (Å²) in [5.74, 6) is -0.122. The van der Waals surface area contributed by atoms with Gasteiger partial charge < -0.3 is 5.73 Å². The summed E-state index contributed by atoms with van der Waals surface area (Å²) < 4.78 is 1.77. The van der Waals surface area contributed by atoms with E-state index in [-0.39, 0.29) is 17.9 Å². The molecule has 5 nitrogen and oxygen atoms in total. The van der Waals surface area contributed by atoms with Gasteiger partial charge in [-0.15, -0.1) is 0 Å². The van der Waals surface area contributed by atoms with E-state index in [4.69, 9.17) is 5.73 Å². The van der Waals surface area contributed by atoms with Crippen LogP contribution < -0.4 is 11.1 Å². The largest absolute Gasteiger partial charge is 0.368 e. The molecular formula is C10H18N4O. The lowest BCUT2D eigenvalue weighted by atomic mass is 10.0. The molecule has 0 radical (unpaired) electrons. The number of aromatic nitrogens is 2. The van der Waals surface area contributed by atoms with Gasteiger partial charge in [0.15, 0.2) is 0 Å². The standard InChI is InChI=1S/C10H18N4O/c1-7(2)9(10(11)15)12-6-8-4-5-13-14(8)3/h4-5,7,9,12H,6H2,1-3H3,(H2,11,15). The number of aryl methyl sites for hydroxylation is 1. The molecule has 15 heavy (non-hydrogen) atoms. The number of amides is 1. The number of hydrogen-bond acceptors (Lipinski definition) is 3. The Kier molecular flexibility index (Phi) is 3.85. The minimum absolute atomic E-state index is 0.190. The average molecular weight is 210 g/mol. The Hall–Kier alpha value is -1.36. The van der Waals surface area contributed by atoms with E-state index in [1.54, 1.807) is 10.9 Å². The van der Waals surface area contributed by atoms with Gasteiger partial charge in [0, 0.05) is 19.8 Å². The molecule has 0 fully saturated rings. The molecule has 1 atom stereocenters. The maximum atomic E-state index is 11.1. The van der Waals surface area contributed by atoms with E-state index >= 15 is 0 Å². The summed E-state index contributed by atoms with van der Waals surface area (Å²) in [4.78, 5) is 11.1. The maximum absolute atomic E-state index is 11.1. The van der Waals surface area contributed by atoms with Crippen molar-refractivity contribution in [3.8, 4) is 0 Å². The third-order valence-electron chi connectivity index (χ3n) is 2.40. The highest BCUT2D eigenvalue weighted by atomic mass is 16.1. The molecule has 0 aliphatic heterocycles. The summed E-state index contributed by atoms with van der Waals surface area (Å²) in [5.41, 5.74) is 6.32. The Balaban J connectivity index is 2.55. The minimum atomic E-state index is -0.313. The number of nitrogens with zero attached hydrogens (tertiary/aromatic N) is 2. The van der Waals surface area contributed by atoms with Gasteiger partial charge in [-0.25, -0.2) is 0 Å². The van der Waals surface area contributed by atoms with Crippen LogP contribution in [0, 0.1) is 5.92 Å². The fourth-order valence-corrected chi connectivity index (χ4v) is 1.45. The molecule has 0 spiro atoms. The van der Waals surface area contributed by atoms with E-state index < -0.39 is 0 Å². The van der Waals surface area contributed by atoms with Crippen molar-refractivity contribution in [1.82, 2.24) is 15.1 Å². The number of nitrogens with one attached hydrogen (secondary N) is 1. The topological polar surface area (TPSA) is 72.9 Å². The smallest absolute Gasteiger partial charge is 0.234 e. The van der Waals surface area contributed by atoms with Crippen molar-refractivity contribution in [2.24, 2.45) is 18.7 Å². The fraction of sp³-hybridized carbons (Fsp3) is 0.600. The van der Waals surface area contributed by atoms with Gasteiger partial charge in [0.05, 0.1) is 11.7 Å². The van der Waals surface area contributed by atoms with Crippen LogP contribution in [0.25, 0.3) is 0 Å². The first-order valence-corrected chi connectivity index (χ1v) is 5.02. The highest BCUT2D eigenvalue weighted by Gasteiger charge is 2.18. The second-order valence-electron chi connectivity index (χ2n) is 3.95. The third kappa shape index (κ3) is 3.06. The molecule has 1 rings (SSSR count). The predicted octanol–water partition coefficient (Wildman–Crippen LogP) is 0.0196. The van der Waals surface area contributed by atoms with Gasteiger partial charge in [0.1, 0.15) is 0 Å². The van der Waals surface area contributed by atoms with Crippen molar-refractivity contribution in [3.63, 3.8) is 0 Å². The number of carbonyl (C=O) groups excluding carboxylic acids is 1. The van der Waals surface area contributed by atoms with E-state index in [9.17, 15) is 4.79 Å². The molecule has 1 aromatic rings. The average Bonchev–Trinajstić information content (AvgIpc) is 2.51. The highest BCUT2D eigenvalue weighted by molar-refractivity contribution is 5.80. The summed E-state index contributed by atoms with van der Waals surface area (Å²) in [7, 11) is 1.87. The summed E-state index contributed by atoms with van der Waals surface area (Å²) in [6.45, 7) is 4.53. The molecule has 0 aromatic carbocycles. The van der Waals surface area contributed by atoms with Crippen LogP contribution in [-0.4, -0.2) is 21.7 Å². The highest BCUT2D eigenvalue weighted by Crippen LogP contribution is 2.03. The Morgan fingerprint density at radius 2 is 2.33 bits per heavy atom. The van der Waals surface area contributed by atoms with E-state index in [2.05, 4.69) is 10.4 Å². The van der Waals surface area contributed by atoms with Crippen LogP contribution in [-0.2, 0) is 18.4 Å². The van der Waals surface area contributed by atoms with E-state index in [0.717, 1.165) is 5.69 Å². The summed E-state index contributed by atoms with van der Waals surface area (Å²) in [6.07, 6.45) is 1.73. The summed E-state index contributed by atoms with van der Waals surface area (Å²) in [5, 5.41) is 7.17. The maximum Gasteiger partial charge on any atom is 0.234 e. The van der Waals surface area contributed by atoms with Crippen molar-refractivity contribution < 1.29 is 4.79 Å². The molecular weight excluding hydrogens is 192 g/mol. The first-order valence-electron chi connectivity index (χ1n) is 5.02. The lowest BCUT2D eigenvalue weighted by Gasteiger charge is -2.18. The second-order valence-corrected chi connectivity index (χ2v) is 3.95. The van der Waals surface area contributed by atoms with Crippen molar-refractivity contribution in [1.29, 1.82) is 0 Å². The minimum Gasteiger partial charge on any atom is -0.368 e. The van der Waals surface area contributed by atoms with Gasteiger partial charge >= 0.3 is 0 Å². The number of primary amides is 1. The second kappa shape index (κ2) is 4.93. The van der Waals surface area contributed by atoms with Gasteiger partial charge in [-0.2, -0.15) is 5.10 Å². The molecule has 0 aliphatic rings. The van der Waals surface area contributed by atoms with Gasteiger partial charge in [-0.3, -0.25) is 14.8 Å². The van der Waals surface area contributed by atoms with Crippen LogP contribution in [0.3, 0.4) is 0 Å². The van der Waals surface area contributed by atoms with Crippen LogP contribution in [0.1, 0.15) is 19.5 Å². The van der Waals surface area contributed by atoms with Crippen LogP contribution in [0.15, 0.2) is 12.3 Å². The Morgan fingerprint density at radius 1 is 1.67 bits per heavy atom. The zero-order chi connectivity index (χ0) is 11.4. The molecule has 84 valence electrons. The molecule has 0 aliphatic carbocycles. The molecule has 0 saturated carbocycles. The van der Waals surface area contributed by atoms with Crippen molar-refractivity contribution in [2.75, 3.05) is 0 Å². The number of nitrogens with two attached hydrogens (primary N) is 1. The van der Waals surface area contributed by atoms with E-state index in [1.165, 1.54) is 0 Å². The van der Waals surface area contributed by atoms with E-state index in [1.807, 2.05) is 27.0 Å². The van der Waals surface area contributed by atoms with Crippen LogP contribution >= 0.6 is 0 Å². The molecule has 1 heterocycles. The van der Waals surface area contributed by atoms with Crippen LogP contribution in [0.4, 0.5) is 0 Å². The van der Waals surface area contributed by atoms with Crippen LogP contribution in [0.5, 0.6) is 0 Å². The summed E-state index contributed by atoms with van der Waals surface area (Å²) >= 11 is 0. The number of carbonyl (C=O) groups is 1. The van der Waals surface area contributed by atoms with Crippen LogP contribution in [0.2, 0.25) is 0 Å². The molecule has 5 heteroatoms. The van der Waals surface area contributed by atoms with Crippen molar-refractivity contribution in [2.45, 2.75) is 26.4 Å². The first-order chi connectivity index (χ1) is 7.02. The first kappa shape index (κ1) is 11.7. The normalized spacial score (nSPS) is 13.1. The number of hydrogen-bond donors (Lipinski definition) is 2. The van der Waals surface area contributed by atoms with Gasteiger partial charge in [-0.1, -0.05) is 13.8 Å². The molecule has 0 bridgehead atoms. The Morgan fingerprint density at radius 3 is 2.73 bits per heavy atom. The van der Waals surface area contributed by atoms with Gasteiger partial charge in [0.25, 0.3) is 0 Å².